The van der Waals surface area contributed by atoms with Crippen molar-refractivity contribution in [1.29, 1.82) is 0 Å². The maximum absolute atomic E-state index is 11.2. The molecule has 0 spiro atoms. The quantitative estimate of drug-likeness (QED) is 0.455. The number of alkyl carbamates (subject to hydrolysis) is 1. The summed E-state index contributed by atoms with van der Waals surface area (Å²) in [6, 6.07) is 6.83. The highest BCUT2D eigenvalue weighted by atomic mass is 16.5. The Hall–Kier alpha value is -2.83. The summed E-state index contributed by atoms with van der Waals surface area (Å²) >= 11 is 0. The number of anilines is 1. The molecule has 0 aliphatic carbocycles. The number of hydrogen-bond donors (Lipinski definition) is 2. The summed E-state index contributed by atoms with van der Waals surface area (Å²) in [4.78, 5) is 22.2. The van der Waals surface area contributed by atoms with E-state index in [1.54, 1.807) is 31.2 Å². The van der Waals surface area contributed by atoms with E-state index in [1.165, 1.54) is 0 Å². The van der Waals surface area contributed by atoms with Gasteiger partial charge in [-0.25, -0.2) is 14.6 Å². The Bertz CT molecular complexity index is 557. The van der Waals surface area contributed by atoms with Crippen LogP contribution in [0.5, 0.6) is 0 Å². The van der Waals surface area contributed by atoms with Gasteiger partial charge in [0, 0.05) is 13.3 Å². The Labute approximate surface area is 122 Å². The minimum Gasteiger partial charge on any atom is -0.477 e. The highest BCUT2D eigenvalue weighted by molar-refractivity contribution is 5.90. The van der Waals surface area contributed by atoms with E-state index in [0.717, 1.165) is 10.6 Å². The Kier molecular flexibility index (Phi) is 5.94. The summed E-state index contributed by atoms with van der Waals surface area (Å²) in [7, 11) is 0. The second-order valence-electron chi connectivity index (χ2n) is 3.95. The van der Waals surface area contributed by atoms with Crippen molar-refractivity contribution in [2.75, 3.05) is 11.6 Å². The van der Waals surface area contributed by atoms with Gasteiger partial charge in [-0.3, -0.25) is 0 Å². The summed E-state index contributed by atoms with van der Waals surface area (Å²) in [6.07, 6.45) is -0.517. The molecule has 1 amide bonds. The number of carbonyl (C=O) groups excluding carboxylic acids is 1. The van der Waals surface area contributed by atoms with Crippen LogP contribution in [0.15, 0.2) is 41.6 Å². The molecule has 1 aromatic carbocycles. The first-order chi connectivity index (χ1) is 9.99. The van der Waals surface area contributed by atoms with Crippen LogP contribution >= 0.6 is 0 Å². The minimum atomic E-state index is -1.20. The first kappa shape index (κ1) is 16.2. The van der Waals surface area contributed by atoms with E-state index in [1.807, 2.05) is 0 Å². The second kappa shape index (κ2) is 7.68. The largest absolute Gasteiger partial charge is 0.477 e. The van der Waals surface area contributed by atoms with Gasteiger partial charge in [-0.15, -0.1) is 0 Å². The zero-order valence-corrected chi connectivity index (χ0v) is 11.7. The molecule has 2 N–H and O–H groups in total. The van der Waals surface area contributed by atoms with Crippen LogP contribution in [0.1, 0.15) is 12.5 Å². The van der Waals surface area contributed by atoms with Crippen LogP contribution in [0.3, 0.4) is 0 Å². The van der Waals surface area contributed by atoms with Gasteiger partial charge in [0.2, 0.25) is 0 Å². The molecule has 0 heterocycles. The number of nitrogens with one attached hydrogen (secondary N) is 1. The lowest BCUT2D eigenvalue weighted by Gasteiger charge is -2.18. The fourth-order valence-electron chi connectivity index (χ4n) is 1.57. The second-order valence-corrected chi connectivity index (χ2v) is 3.95. The van der Waals surface area contributed by atoms with Crippen molar-refractivity contribution in [2.24, 2.45) is 5.10 Å². The predicted octanol–water partition coefficient (Wildman–Crippen LogP) is 1.95. The van der Waals surface area contributed by atoms with Gasteiger partial charge in [0.05, 0.1) is 12.3 Å². The molecule has 0 radical (unpaired) electrons. The molecule has 0 bridgehead atoms. The number of ether oxygens (including phenoxy) is 1. The summed E-state index contributed by atoms with van der Waals surface area (Å²) in [6.45, 7) is 9.02. The summed E-state index contributed by atoms with van der Waals surface area (Å²) in [5, 5.41) is 16.3. The van der Waals surface area contributed by atoms with Crippen molar-refractivity contribution >= 4 is 24.5 Å². The molecule has 1 rings (SSSR count). The van der Waals surface area contributed by atoms with Crippen molar-refractivity contribution in [3.05, 3.63) is 42.1 Å². The van der Waals surface area contributed by atoms with Crippen LogP contribution < -0.4 is 10.3 Å². The average molecular weight is 291 g/mol. The third-order valence-electron chi connectivity index (χ3n) is 2.51. The van der Waals surface area contributed by atoms with Gasteiger partial charge in [-0.2, -0.15) is 5.10 Å². The van der Waals surface area contributed by atoms with Crippen molar-refractivity contribution in [3.63, 3.8) is 0 Å². The van der Waals surface area contributed by atoms with E-state index < -0.39 is 12.1 Å². The van der Waals surface area contributed by atoms with E-state index in [4.69, 9.17) is 9.84 Å². The number of nitrogens with zero attached hydrogens (tertiary/aromatic N) is 2. The Morgan fingerprint density at radius 3 is 2.76 bits per heavy atom. The highest BCUT2D eigenvalue weighted by Crippen LogP contribution is 2.20. The molecule has 0 aliphatic rings. The smallest absolute Gasteiger partial charge is 0.407 e. The van der Waals surface area contributed by atoms with Crippen LogP contribution in [0.2, 0.25) is 0 Å². The lowest BCUT2D eigenvalue weighted by molar-refractivity contribution is -0.132. The van der Waals surface area contributed by atoms with Crippen LogP contribution in [-0.4, -0.2) is 30.5 Å². The average Bonchev–Trinajstić information content (AvgIpc) is 2.46. The first-order valence-corrected chi connectivity index (χ1v) is 6.18. The number of amides is 1. The number of carbonyl (C=O) groups is 2. The maximum atomic E-state index is 11.2. The topological polar surface area (TPSA) is 91.2 Å². The molecule has 0 saturated carbocycles. The molecule has 7 nitrogen and oxygen atoms in total. The summed E-state index contributed by atoms with van der Waals surface area (Å²) < 4.78 is 4.75. The van der Waals surface area contributed by atoms with Crippen molar-refractivity contribution in [3.8, 4) is 0 Å². The SMILES string of the molecule is C=NN(C(=C)C(=O)O)c1cccc(CNC(=O)OCC)c1. The molecule has 7 heteroatoms. The molecule has 21 heavy (non-hydrogen) atoms. The van der Waals surface area contributed by atoms with Crippen LogP contribution in [0, 0.1) is 0 Å². The van der Waals surface area contributed by atoms with Crippen LogP contribution in [0.4, 0.5) is 10.5 Å². The molecule has 0 unspecified atom stereocenters. The number of carboxylic acid groups (broad SMARTS) is 1. The van der Waals surface area contributed by atoms with Gasteiger partial charge in [0.15, 0.2) is 0 Å². The van der Waals surface area contributed by atoms with Gasteiger partial charge in [0.1, 0.15) is 5.70 Å². The Morgan fingerprint density at radius 1 is 1.48 bits per heavy atom. The fraction of sp³-hybridized carbons (Fsp3) is 0.214. The third kappa shape index (κ3) is 4.64. The van der Waals surface area contributed by atoms with Crippen LogP contribution in [-0.2, 0) is 16.1 Å². The van der Waals surface area contributed by atoms with Crippen molar-refractivity contribution < 1.29 is 19.4 Å². The van der Waals surface area contributed by atoms with Crippen molar-refractivity contribution in [2.45, 2.75) is 13.5 Å². The molecular formula is C14H17N3O4. The maximum Gasteiger partial charge on any atom is 0.407 e. The molecule has 0 fully saturated rings. The predicted molar refractivity (Wildman–Crippen MR) is 79.1 cm³/mol. The number of carboxylic acids is 1. The highest BCUT2D eigenvalue weighted by Gasteiger charge is 2.15. The Balaban J connectivity index is 2.84. The van der Waals surface area contributed by atoms with Gasteiger partial charge < -0.3 is 15.2 Å². The minimum absolute atomic E-state index is 0.222. The normalized spacial score (nSPS) is 9.57. The Morgan fingerprint density at radius 2 is 2.19 bits per heavy atom. The van der Waals surface area contributed by atoms with Gasteiger partial charge in [-0.1, -0.05) is 18.7 Å². The third-order valence-corrected chi connectivity index (χ3v) is 2.51. The van der Waals surface area contributed by atoms with E-state index in [2.05, 4.69) is 23.7 Å². The number of hydrogen-bond acceptors (Lipinski definition) is 5. The number of aliphatic carboxylic acids is 1. The monoisotopic (exact) mass is 291 g/mol. The fourth-order valence-corrected chi connectivity index (χ4v) is 1.57. The molecule has 0 aromatic heterocycles. The molecule has 0 aliphatic heterocycles. The molecular weight excluding hydrogens is 274 g/mol. The summed E-state index contributed by atoms with van der Waals surface area (Å²) in [5.74, 6) is -1.20. The van der Waals surface area contributed by atoms with Gasteiger partial charge in [0.25, 0.3) is 0 Å². The molecule has 0 atom stereocenters. The number of rotatable bonds is 7. The molecule has 0 saturated heterocycles. The van der Waals surface area contributed by atoms with E-state index in [0.29, 0.717) is 12.3 Å². The lowest BCUT2D eigenvalue weighted by Crippen LogP contribution is -2.24. The first-order valence-electron chi connectivity index (χ1n) is 6.18. The van der Waals surface area contributed by atoms with Gasteiger partial charge >= 0.3 is 12.1 Å². The van der Waals surface area contributed by atoms with Crippen molar-refractivity contribution in [1.82, 2.24) is 5.32 Å². The standard InChI is InChI=1S/C14H17N3O4/c1-4-21-14(20)16-9-11-6-5-7-12(8-11)17(15-3)10(2)13(18)19/h5-8H,2-4,9H2,1H3,(H,16,20)(H,18,19). The van der Waals surface area contributed by atoms with E-state index >= 15 is 0 Å². The van der Waals surface area contributed by atoms with Crippen LogP contribution in [0.25, 0.3) is 0 Å². The van der Waals surface area contributed by atoms with E-state index in [9.17, 15) is 9.59 Å². The molecule has 1 aromatic rings. The lowest BCUT2D eigenvalue weighted by atomic mass is 10.2. The summed E-state index contributed by atoms with van der Waals surface area (Å²) in [5.41, 5.74) is 1.02. The molecule has 112 valence electrons. The zero-order chi connectivity index (χ0) is 15.8. The van der Waals surface area contributed by atoms with E-state index in [-0.39, 0.29) is 12.2 Å². The zero-order valence-electron chi connectivity index (χ0n) is 11.7. The van der Waals surface area contributed by atoms with Gasteiger partial charge in [-0.05, 0) is 24.6 Å². The number of hydrazone groups is 1. The number of benzene rings is 1.